The Morgan fingerprint density at radius 1 is 1.14 bits per heavy atom. The summed E-state index contributed by atoms with van der Waals surface area (Å²) >= 11 is 0. The maximum atomic E-state index is 11.8. The molecule has 1 saturated heterocycles. The van der Waals surface area contributed by atoms with Crippen LogP contribution in [0.2, 0.25) is 0 Å². The van der Waals surface area contributed by atoms with E-state index in [9.17, 15) is 14.7 Å². The molecule has 2 fully saturated rings. The van der Waals surface area contributed by atoms with Crippen LogP contribution in [-0.4, -0.2) is 47.1 Å². The summed E-state index contributed by atoms with van der Waals surface area (Å²) in [6, 6.07) is 0.179. The van der Waals surface area contributed by atoms with Gasteiger partial charge in [0.25, 0.3) is 0 Å². The van der Waals surface area contributed by atoms with E-state index in [-0.39, 0.29) is 11.9 Å². The highest BCUT2D eigenvalue weighted by Gasteiger charge is 2.38. The third kappa shape index (κ3) is 4.70. The number of carbonyl (C=O) groups excluding carboxylic acids is 1. The normalized spacial score (nSPS) is 30.5. The third-order valence-electron chi connectivity index (χ3n) is 5.12. The van der Waals surface area contributed by atoms with Crippen LogP contribution in [0.25, 0.3) is 0 Å². The van der Waals surface area contributed by atoms with E-state index in [1.54, 1.807) is 0 Å². The minimum atomic E-state index is -0.763. The monoisotopic (exact) mass is 310 g/mol. The van der Waals surface area contributed by atoms with Crippen molar-refractivity contribution in [3.63, 3.8) is 0 Å². The minimum absolute atomic E-state index is 0.00743. The van der Waals surface area contributed by atoms with Crippen LogP contribution in [-0.2, 0) is 9.59 Å². The molecule has 2 aliphatic rings. The lowest BCUT2D eigenvalue weighted by Crippen LogP contribution is -2.51. The molecule has 0 radical (unpaired) electrons. The summed E-state index contributed by atoms with van der Waals surface area (Å²) in [6.07, 6.45) is 8.78. The summed E-state index contributed by atoms with van der Waals surface area (Å²) in [7, 11) is 0. The van der Waals surface area contributed by atoms with Gasteiger partial charge in [0.05, 0.1) is 5.92 Å². The van der Waals surface area contributed by atoms with Crippen molar-refractivity contribution in [2.75, 3.05) is 13.1 Å². The molecule has 1 heterocycles. The van der Waals surface area contributed by atoms with Crippen LogP contribution >= 0.6 is 0 Å². The molecule has 2 rings (SSSR count). The second-order valence-electron chi connectivity index (χ2n) is 6.79. The van der Waals surface area contributed by atoms with Gasteiger partial charge in [-0.1, -0.05) is 19.8 Å². The molecule has 0 aromatic heterocycles. The summed E-state index contributed by atoms with van der Waals surface area (Å²) in [4.78, 5) is 25.9. The van der Waals surface area contributed by atoms with Gasteiger partial charge in [-0.3, -0.25) is 9.59 Å². The number of carboxylic acids is 1. The fourth-order valence-electron chi connectivity index (χ4n) is 3.89. The molecule has 1 amide bonds. The molecule has 0 bridgehead atoms. The Morgan fingerprint density at radius 3 is 2.41 bits per heavy atom. The molecule has 0 aromatic rings. The van der Waals surface area contributed by atoms with Crippen molar-refractivity contribution >= 4 is 11.9 Å². The number of rotatable bonds is 5. The number of nitrogens with one attached hydrogen (secondary N) is 1. The average molecular weight is 310 g/mol. The van der Waals surface area contributed by atoms with Crippen molar-refractivity contribution in [1.82, 2.24) is 10.2 Å². The molecule has 1 saturated carbocycles. The predicted octanol–water partition coefficient (Wildman–Crippen LogP) is 2.40. The number of nitrogens with zero attached hydrogens (tertiary/aromatic N) is 1. The Morgan fingerprint density at radius 2 is 1.82 bits per heavy atom. The molecular formula is C17H30N2O3. The molecule has 3 unspecified atom stereocenters. The van der Waals surface area contributed by atoms with Crippen LogP contribution in [0, 0.1) is 5.92 Å². The van der Waals surface area contributed by atoms with Crippen molar-refractivity contribution in [1.29, 1.82) is 0 Å². The van der Waals surface area contributed by atoms with Crippen molar-refractivity contribution in [2.45, 2.75) is 76.8 Å². The van der Waals surface area contributed by atoms with Crippen molar-refractivity contribution in [2.24, 2.45) is 5.92 Å². The summed E-state index contributed by atoms with van der Waals surface area (Å²) in [6.45, 7) is 4.16. The topological polar surface area (TPSA) is 69.6 Å². The second-order valence-corrected chi connectivity index (χ2v) is 6.79. The number of carbonyl (C=O) groups is 2. The van der Waals surface area contributed by atoms with Crippen molar-refractivity contribution in [3.8, 4) is 0 Å². The average Bonchev–Trinajstić information content (AvgIpc) is 2.76. The fourth-order valence-corrected chi connectivity index (χ4v) is 3.89. The number of hydrogen-bond acceptors (Lipinski definition) is 3. The zero-order valence-corrected chi connectivity index (χ0v) is 13.7. The van der Waals surface area contributed by atoms with Gasteiger partial charge in [-0.2, -0.15) is 0 Å². The van der Waals surface area contributed by atoms with Gasteiger partial charge in [0.1, 0.15) is 0 Å². The molecule has 1 aliphatic carbocycles. The van der Waals surface area contributed by atoms with Crippen LogP contribution < -0.4 is 5.32 Å². The summed E-state index contributed by atoms with van der Waals surface area (Å²) in [5.41, 5.74) is 0. The van der Waals surface area contributed by atoms with Crippen molar-refractivity contribution in [3.05, 3.63) is 0 Å². The first-order chi connectivity index (χ1) is 10.6. The number of hydrogen-bond donors (Lipinski definition) is 2. The molecule has 126 valence electrons. The molecule has 5 heteroatoms. The van der Waals surface area contributed by atoms with E-state index in [0.717, 1.165) is 32.4 Å². The molecule has 0 spiro atoms. The standard InChI is InChI=1S/C17H30N2O3/c1-2-7-16(20)18-15-9-8-13(12-14(15)17(21)22)19-10-5-3-4-6-11-19/h13-15H,2-12H2,1H3,(H,18,20)(H,21,22). The number of likely N-dealkylation sites (tertiary alicyclic amines) is 1. The third-order valence-corrected chi connectivity index (χ3v) is 5.12. The Kier molecular flexibility index (Phi) is 6.68. The van der Waals surface area contributed by atoms with E-state index in [0.29, 0.717) is 18.9 Å². The Hall–Kier alpha value is -1.10. The highest BCUT2D eigenvalue weighted by atomic mass is 16.4. The summed E-state index contributed by atoms with van der Waals surface area (Å²) in [5.74, 6) is -1.21. The van der Waals surface area contributed by atoms with Gasteiger partial charge in [-0.15, -0.1) is 0 Å². The minimum Gasteiger partial charge on any atom is -0.481 e. The smallest absolute Gasteiger partial charge is 0.308 e. The molecule has 0 aromatic carbocycles. The zero-order valence-electron chi connectivity index (χ0n) is 13.7. The first kappa shape index (κ1) is 17.3. The number of amides is 1. The van der Waals surface area contributed by atoms with Crippen LogP contribution in [0.4, 0.5) is 0 Å². The highest BCUT2D eigenvalue weighted by Crippen LogP contribution is 2.30. The number of aliphatic carboxylic acids is 1. The van der Waals surface area contributed by atoms with Gasteiger partial charge >= 0.3 is 5.97 Å². The van der Waals surface area contributed by atoms with Crippen molar-refractivity contribution < 1.29 is 14.7 Å². The largest absolute Gasteiger partial charge is 0.481 e. The van der Waals surface area contributed by atoms with E-state index in [2.05, 4.69) is 10.2 Å². The molecule has 5 nitrogen and oxygen atoms in total. The second kappa shape index (κ2) is 8.51. The van der Waals surface area contributed by atoms with Crippen LogP contribution in [0.15, 0.2) is 0 Å². The highest BCUT2D eigenvalue weighted by molar-refractivity contribution is 5.78. The molecule has 22 heavy (non-hydrogen) atoms. The van der Waals surface area contributed by atoms with Crippen LogP contribution in [0.1, 0.15) is 64.7 Å². The SMILES string of the molecule is CCCC(=O)NC1CCC(N2CCCCCC2)CC1C(=O)O. The van der Waals surface area contributed by atoms with E-state index >= 15 is 0 Å². The maximum Gasteiger partial charge on any atom is 0.308 e. The predicted molar refractivity (Wildman–Crippen MR) is 85.6 cm³/mol. The zero-order chi connectivity index (χ0) is 15.9. The van der Waals surface area contributed by atoms with Gasteiger partial charge < -0.3 is 15.3 Å². The molecule has 2 N–H and O–H groups in total. The summed E-state index contributed by atoms with van der Waals surface area (Å²) < 4.78 is 0. The van der Waals surface area contributed by atoms with Gasteiger partial charge in [0.15, 0.2) is 0 Å². The van der Waals surface area contributed by atoms with Gasteiger partial charge in [-0.05, 0) is 51.6 Å². The fraction of sp³-hybridized carbons (Fsp3) is 0.882. The van der Waals surface area contributed by atoms with Crippen LogP contribution in [0.5, 0.6) is 0 Å². The lowest BCUT2D eigenvalue weighted by Gasteiger charge is -2.39. The molecular weight excluding hydrogens is 280 g/mol. The quantitative estimate of drug-likeness (QED) is 0.818. The van der Waals surface area contributed by atoms with E-state index in [1.807, 2.05) is 6.92 Å². The van der Waals surface area contributed by atoms with Gasteiger partial charge in [-0.25, -0.2) is 0 Å². The van der Waals surface area contributed by atoms with E-state index in [4.69, 9.17) is 0 Å². The maximum absolute atomic E-state index is 11.8. The lowest BCUT2D eigenvalue weighted by atomic mass is 9.80. The van der Waals surface area contributed by atoms with E-state index in [1.165, 1.54) is 25.7 Å². The number of carboxylic acid groups (broad SMARTS) is 1. The Bertz CT molecular complexity index is 378. The first-order valence-electron chi connectivity index (χ1n) is 8.88. The Balaban J connectivity index is 1.94. The Labute approximate surface area is 133 Å². The molecule has 1 aliphatic heterocycles. The van der Waals surface area contributed by atoms with Gasteiger partial charge in [0, 0.05) is 18.5 Å². The summed E-state index contributed by atoms with van der Waals surface area (Å²) in [5, 5.41) is 12.5. The van der Waals surface area contributed by atoms with Gasteiger partial charge in [0.2, 0.25) is 5.91 Å². The lowest BCUT2D eigenvalue weighted by molar-refractivity contribution is -0.145. The molecule has 3 atom stereocenters. The first-order valence-corrected chi connectivity index (χ1v) is 8.88. The van der Waals surface area contributed by atoms with E-state index < -0.39 is 11.9 Å². The van der Waals surface area contributed by atoms with Crippen LogP contribution in [0.3, 0.4) is 0 Å².